The average molecular weight is 322 g/mol. The molecule has 2 heterocycles. The summed E-state index contributed by atoms with van der Waals surface area (Å²) in [6.07, 6.45) is -1.75. The fourth-order valence-corrected chi connectivity index (χ4v) is 2.51. The number of urea groups is 1. The molecule has 1 aliphatic heterocycles. The molecule has 1 aromatic rings. The normalized spacial score (nSPS) is 19.6. The lowest BCUT2D eigenvalue weighted by molar-refractivity contribution is -0.134. The molecule has 6 nitrogen and oxygen atoms in total. The van der Waals surface area contributed by atoms with Gasteiger partial charge in [0.05, 0.1) is 6.20 Å². The number of hydrogen-bond acceptors (Lipinski definition) is 4. The van der Waals surface area contributed by atoms with Gasteiger partial charge >= 0.3 is 12.2 Å². The molecule has 2 rings (SSSR count). The summed E-state index contributed by atoms with van der Waals surface area (Å²) in [5, 5.41) is 7.10. The number of nitrogens with one attached hydrogen (secondary N) is 3. The van der Waals surface area contributed by atoms with Crippen molar-refractivity contribution >= 4 is 28.4 Å². The summed E-state index contributed by atoms with van der Waals surface area (Å²) in [4.78, 5) is 25.9. The van der Waals surface area contributed by atoms with E-state index in [1.165, 1.54) is 0 Å². The van der Waals surface area contributed by atoms with E-state index in [0.717, 1.165) is 12.8 Å². The van der Waals surface area contributed by atoms with Crippen molar-refractivity contribution in [2.45, 2.75) is 31.5 Å². The number of thiazole rings is 1. The van der Waals surface area contributed by atoms with E-state index in [-0.39, 0.29) is 11.0 Å². The van der Waals surface area contributed by atoms with Gasteiger partial charge in [0.15, 0.2) is 5.13 Å². The Labute approximate surface area is 122 Å². The molecule has 0 unspecified atom stereocenters. The van der Waals surface area contributed by atoms with Gasteiger partial charge in [-0.3, -0.25) is 10.1 Å². The summed E-state index contributed by atoms with van der Waals surface area (Å²) in [6.45, 7) is 0.556. The molecule has 3 N–H and O–H groups in total. The topological polar surface area (TPSA) is 83.1 Å². The number of carbonyl (C=O) groups is 2. The zero-order chi connectivity index (χ0) is 15.5. The van der Waals surface area contributed by atoms with Crippen LogP contribution in [0.4, 0.5) is 23.1 Å². The second-order valence-corrected chi connectivity index (χ2v) is 5.50. The van der Waals surface area contributed by atoms with E-state index in [1.54, 1.807) is 0 Å². The minimum Gasteiger partial charge on any atom is -0.354 e. The van der Waals surface area contributed by atoms with E-state index in [0.29, 0.717) is 30.5 Å². The van der Waals surface area contributed by atoms with Crippen molar-refractivity contribution in [1.82, 2.24) is 15.6 Å². The molecular formula is C11H13F3N4O2S. The first-order chi connectivity index (χ1) is 9.86. The van der Waals surface area contributed by atoms with Crippen LogP contribution in [0.15, 0.2) is 6.20 Å². The van der Waals surface area contributed by atoms with Crippen molar-refractivity contribution in [3.05, 3.63) is 11.1 Å². The highest BCUT2D eigenvalue weighted by molar-refractivity contribution is 7.15. The maximum Gasteiger partial charge on any atom is 0.427 e. The fraction of sp³-hybridized carbons (Fsp3) is 0.545. The van der Waals surface area contributed by atoms with Crippen molar-refractivity contribution in [3.8, 4) is 0 Å². The van der Waals surface area contributed by atoms with Crippen molar-refractivity contribution in [2.75, 3.05) is 11.9 Å². The molecule has 1 fully saturated rings. The highest BCUT2D eigenvalue weighted by atomic mass is 32.1. The molecule has 0 saturated carbocycles. The monoisotopic (exact) mass is 322 g/mol. The molecule has 1 atom stereocenters. The van der Waals surface area contributed by atoms with Crippen LogP contribution in [-0.2, 0) is 11.0 Å². The van der Waals surface area contributed by atoms with Gasteiger partial charge < -0.3 is 10.6 Å². The van der Waals surface area contributed by atoms with Crippen LogP contribution >= 0.6 is 11.3 Å². The molecule has 3 amide bonds. The SMILES string of the molecule is O=C(Nc1ncc(C(F)(F)F)s1)N[C@H]1CCCCNC1=O. The predicted octanol–water partition coefficient (Wildman–Crippen LogP) is 1.95. The molecule has 21 heavy (non-hydrogen) atoms. The van der Waals surface area contributed by atoms with Crippen LogP contribution in [0.25, 0.3) is 0 Å². The first-order valence-electron chi connectivity index (χ1n) is 6.24. The molecule has 0 spiro atoms. The Hall–Kier alpha value is -1.84. The zero-order valence-corrected chi connectivity index (χ0v) is 11.6. The van der Waals surface area contributed by atoms with Gasteiger partial charge in [-0.05, 0) is 19.3 Å². The lowest BCUT2D eigenvalue weighted by Crippen LogP contribution is -2.46. The second kappa shape index (κ2) is 6.29. The van der Waals surface area contributed by atoms with E-state index in [9.17, 15) is 22.8 Å². The number of hydrogen-bond donors (Lipinski definition) is 3. The number of carbonyl (C=O) groups excluding carboxylic acids is 2. The van der Waals surface area contributed by atoms with E-state index in [1.807, 2.05) is 0 Å². The molecule has 0 aliphatic carbocycles. The van der Waals surface area contributed by atoms with E-state index < -0.39 is 23.1 Å². The maximum absolute atomic E-state index is 12.4. The third-order valence-corrected chi connectivity index (χ3v) is 3.80. The maximum atomic E-state index is 12.4. The van der Waals surface area contributed by atoms with Crippen molar-refractivity contribution < 1.29 is 22.8 Å². The number of alkyl halides is 3. The number of halogens is 3. The quantitative estimate of drug-likeness (QED) is 0.778. The molecular weight excluding hydrogens is 309 g/mol. The van der Waals surface area contributed by atoms with Gasteiger partial charge in [-0.15, -0.1) is 0 Å². The third kappa shape index (κ3) is 4.31. The first-order valence-corrected chi connectivity index (χ1v) is 7.06. The number of amides is 3. The van der Waals surface area contributed by atoms with Crippen LogP contribution < -0.4 is 16.0 Å². The third-order valence-electron chi connectivity index (χ3n) is 2.85. The summed E-state index contributed by atoms with van der Waals surface area (Å²) >= 11 is 0.326. The zero-order valence-electron chi connectivity index (χ0n) is 10.8. The Morgan fingerprint density at radius 2 is 2.19 bits per heavy atom. The van der Waals surface area contributed by atoms with Crippen LogP contribution in [-0.4, -0.2) is 29.5 Å². The van der Waals surface area contributed by atoms with Gasteiger partial charge in [0, 0.05) is 6.54 Å². The van der Waals surface area contributed by atoms with Crippen LogP contribution in [0.5, 0.6) is 0 Å². The van der Waals surface area contributed by atoms with Crippen LogP contribution in [0.1, 0.15) is 24.1 Å². The van der Waals surface area contributed by atoms with E-state index >= 15 is 0 Å². The summed E-state index contributed by atoms with van der Waals surface area (Å²) < 4.78 is 37.2. The largest absolute Gasteiger partial charge is 0.427 e. The smallest absolute Gasteiger partial charge is 0.354 e. The van der Waals surface area contributed by atoms with Gasteiger partial charge in [0.25, 0.3) is 0 Å². The first kappa shape index (κ1) is 15.5. The van der Waals surface area contributed by atoms with Gasteiger partial charge in [0.2, 0.25) is 5.91 Å². The van der Waals surface area contributed by atoms with Crippen LogP contribution in [0.3, 0.4) is 0 Å². The second-order valence-electron chi connectivity index (χ2n) is 4.47. The number of nitrogens with zero attached hydrogens (tertiary/aromatic N) is 1. The van der Waals surface area contributed by atoms with Gasteiger partial charge in [-0.25, -0.2) is 9.78 Å². The van der Waals surface area contributed by atoms with Gasteiger partial charge in [0.1, 0.15) is 10.9 Å². The Morgan fingerprint density at radius 3 is 2.86 bits per heavy atom. The fourth-order valence-electron chi connectivity index (χ4n) is 1.83. The van der Waals surface area contributed by atoms with Crippen molar-refractivity contribution in [1.29, 1.82) is 0 Å². The Kier molecular flexibility index (Phi) is 4.66. The molecule has 116 valence electrons. The average Bonchev–Trinajstić information content (AvgIpc) is 2.76. The molecule has 1 aliphatic rings. The summed E-state index contributed by atoms with van der Waals surface area (Å²) in [5.74, 6) is -0.294. The number of rotatable bonds is 2. The lowest BCUT2D eigenvalue weighted by Gasteiger charge is -2.14. The van der Waals surface area contributed by atoms with Gasteiger partial charge in [-0.1, -0.05) is 11.3 Å². The summed E-state index contributed by atoms with van der Waals surface area (Å²) in [7, 11) is 0. The van der Waals surface area contributed by atoms with Crippen LogP contribution in [0, 0.1) is 0 Å². The van der Waals surface area contributed by atoms with E-state index in [2.05, 4.69) is 20.9 Å². The molecule has 10 heteroatoms. The minimum absolute atomic E-state index is 0.172. The number of anilines is 1. The lowest BCUT2D eigenvalue weighted by atomic mass is 10.1. The minimum atomic E-state index is -4.49. The molecule has 0 bridgehead atoms. The predicted molar refractivity (Wildman–Crippen MR) is 69.9 cm³/mol. The Balaban J connectivity index is 1.92. The molecule has 1 aromatic heterocycles. The number of aromatic nitrogens is 1. The van der Waals surface area contributed by atoms with Crippen molar-refractivity contribution in [3.63, 3.8) is 0 Å². The highest BCUT2D eigenvalue weighted by Gasteiger charge is 2.33. The van der Waals surface area contributed by atoms with Gasteiger partial charge in [-0.2, -0.15) is 13.2 Å². The Morgan fingerprint density at radius 1 is 1.43 bits per heavy atom. The Bertz CT molecular complexity index is 532. The van der Waals surface area contributed by atoms with E-state index in [4.69, 9.17) is 0 Å². The van der Waals surface area contributed by atoms with Crippen molar-refractivity contribution in [2.24, 2.45) is 0 Å². The summed E-state index contributed by atoms with van der Waals surface area (Å²) in [6, 6.07) is -1.44. The highest BCUT2D eigenvalue weighted by Crippen LogP contribution is 2.34. The summed E-state index contributed by atoms with van der Waals surface area (Å²) in [5.41, 5.74) is 0. The van der Waals surface area contributed by atoms with Crippen LogP contribution in [0.2, 0.25) is 0 Å². The molecule has 1 saturated heterocycles. The molecule has 0 aromatic carbocycles. The molecule has 0 radical (unpaired) electrons. The standard InChI is InChI=1S/C11H13F3N4O2S/c12-11(13,14)7-5-16-10(21-7)18-9(20)17-6-3-1-2-4-15-8(6)19/h5-6H,1-4H2,(H,15,19)(H2,16,17,18,20)/t6-/m0/s1.